The van der Waals surface area contributed by atoms with Crippen molar-refractivity contribution in [1.29, 1.82) is 0 Å². The van der Waals surface area contributed by atoms with Crippen molar-refractivity contribution in [1.82, 2.24) is 20.3 Å². The molecule has 1 heterocycles. The van der Waals surface area contributed by atoms with Crippen molar-refractivity contribution in [3.05, 3.63) is 11.9 Å². The molecule has 4 N–H and O–H groups in total. The third-order valence-electron chi connectivity index (χ3n) is 2.42. The van der Waals surface area contributed by atoms with Gasteiger partial charge >= 0.3 is 5.97 Å². The highest BCUT2D eigenvalue weighted by Crippen LogP contribution is 1.97. The number of carbonyl (C=O) groups is 2. The van der Waals surface area contributed by atoms with Crippen LogP contribution < -0.4 is 11.1 Å². The monoisotopic (exact) mass is 255 g/mol. The Morgan fingerprint density at radius 1 is 1.56 bits per heavy atom. The molecule has 18 heavy (non-hydrogen) atoms. The largest absolute Gasteiger partial charge is 0.476 e. The molecule has 0 aliphatic rings. The lowest BCUT2D eigenvalue weighted by molar-refractivity contribution is -0.123. The Balaban J connectivity index is 2.37. The van der Waals surface area contributed by atoms with E-state index in [1.54, 1.807) is 0 Å². The number of aromatic nitrogens is 3. The summed E-state index contributed by atoms with van der Waals surface area (Å²) >= 11 is 0. The first-order valence-electron chi connectivity index (χ1n) is 5.58. The summed E-state index contributed by atoms with van der Waals surface area (Å²) in [5, 5.41) is 18.4. The Kier molecular flexibility index (Phi) is 4.78. The van der Waals surface area contributed by atoms with Gasteiger partial charge in [0.05, 0.1) is 18.8 Å². The van der Waals surface area contributed by atoms with Crippen LogP contribution in [0.1, 0.15) is 24.3 Å². The van der Waals surface area contributed by atoms with Crippen molar-refractivity contribution >= 4 is 11.9 Å². The average Bonchev–Trinajstić information content (AvgIpc) is 2.76. The summed E-state index contributed by atoms with van der Waals surface area (Å²) in [7, 11) is 0. The van der Waals surface area contributed by atoms with Crippen LogP contribution in [0.2, 0.25) is 0 Å². The van der Waals surface area contributed by atoms with Crippen LogP contribution in [-0.4, -0.2) is 44.6 Å². The van der Waals surface area contributed by atoms with E-state index in [2.05, 4.69) is 15.6 Å². The van der Waals surface area contributed by atoms with Gasteiger partial charge in [-0.25, -0.2) is 9.48 Å². The lowest BCUT2D eigenvalue weighted by Gasteiger charge is -2.14. The van der Waals surface area contributed by atoms with Gasteiger partial charge in [0, 0.05) is 6.54 Å². The number of nitrogens with two attached hydrogens (primary N) is 1. The quantitative estimate of drug-likeness (QED) is 0.603. The summed E-state index contributed by atoms with van der Waals surface area (Å²) in [5.74, 6) is -1.30. The fourth-order valence-electron chi connectivity index (χ4n) is 1.22. The molecule has 0 bridgehead atoms. The van der Waals surface area contributed by atoms with Crippen molar-refractivity contribution in [2.75, 3.05) is 6.54 Å². The number of hydrogen-bond acceptors (Lipinski definition) is 5. The fraction of sp³-hybridized carbons (Fsp3) is 0.600. The molecule has 0 saturated carbocycles. The SMILES string of the molecule is CC(C)C(N)C(=O)NCCn1cc(C(=O)O)nn1. The molecule has 0 saturated heterocycles. The predicted octanol–water partition coefficient (Wildman–Crippen LogP) is -0.924. The maximum absolute atomic E-state index is 11.5. The number of carbonyl (C=O) groups excluding carboxylic acids is 1. The summed E-state index contributed by atoms with van der Waals surface area (Å²) in [6.45, 7) is 4.39. The van der Waals surface area contributed by atoms with Gasteiger partial charge in [-0.05, 0) is 5.92 Å². The predicted molar refractivity (Wildman–Crippen MR) is 62.8 cm³/mol. The molecule has 8 nitrogen and oxygen atoms in total. The van der Waals surface area contributed by atoms with E-state index >= 15 is 0 Å². The second-order valence-electron chi connectivity index (χ2n) is 4.23. The topological polar surface area (TPSA) is 123 Å². The zero-order valence-corrected chi connectivity index (χ0v) is 10.3. The number of carboxylic acid groups (broad SMARTS) is 1. The van der Waals surface area contributed by atoms with Gasteiger partial charge in [0.15, 0.2) is 5.69 Å². The fourth-order valence-corrected chi connectivity index (χ4v) is 1.22. The molecular weight excluding hydrogens is 238 g/mol. The molecule has 1 unspecified atom stereocenters. The normalized spacial score (nSPS) is 12.4. The van der Waals surface area contributed by atoms with Crippen molar-refractivity contribution in [2.45, 2.75) is 26.4 Å². The molecule has 0 aromatic carbocycles. The summed E-state index contributed by atoms with van der Waals surface area (Å²) < 4.78 is 1.35. The number of carboxylic acids is 1. The minimum Gasteiger partial charge on any atom is -0.476 e. The summed E-state index contributed by atoms with van der Waals surface area (Å²) in [6.07, 6.45) is 1.30. The molecule has 0 fully saturated rings. The lowest BCUT2D eigenvalue weighted by Crippen LogP contribution is -2.44. The van der Waals surface area contributed by atoms with E-state index in [1.165, 1.54) is 10.9 Å². The van der Waals surface area contributed by atoms with Crippen LogP contribution in [0.5, 0.6) is 0 Å². The molecule has 1 atom stereocenters. The molecule has 8 heteroatoms. The maximum atomic E-state index is 11.5. The number of nitrogens with one attached hydrogen (secondary N) is 1. The molecule has 1 rings (SSSR count). The van der Waals surface area contributed by atoms with Crippen LogP contribution in [0, 0.1) is 5.92 Å². The van der Waals surface area contributed by atoms with Crippen LogP contribution in [0.3, 0.4) is 0 Å². The minimum atomic E-state index is -1.13. The summed E-state index contributed by atoms with van der Waals surface area (Å²) in [6, 6.07) is -0.546. The smallest absolute Gasteiger partial charge is 0.358 e. The zero-order chi connectivity index (χ0) is 13.7. The first-order valence-corrected chi connectivity index (χ1v) is 5.58. The number of aromatic carboxylic acids is 1. The van der Waals surface area contributed by atoms with E-state index < -0.39 is 12.0 Å². The van der Waals surface area contributed by atoms with Crippen molar-refractivity contribution in [3.8, 4) is 0 Å². The number of hydrogen-bond donors (Lipinski definition) is 3. The van der Waals surface area contributed by atoms with Gasteiger partial charge in [-0.3, -0.25) is 4.79 Å². The molecule has 0 aliphatic carbocycles. The van der Waals surface area contributed by atoms with Gasteiger partial charge in [0.25, 0.3) is 0 Å². The van der Waals surface area contributed by atoms with Gasteiger partial charge in [-0.1, -0.05) is 19.1 Å². The van der Waals surface area contributed by atoms with E-state index in [4.69, 9.17) is 10.8 Å². The zero-order valence-electron chi connectivity index (χ0n) is 10.3. The van der Waals surface area contributed by atoms with Crippen molar-refractivity contribution in [3.63, 3.8) is 0 Å². The van der Waals surface area contributed by atoms with Crippen LogP contribution >= 0.6 is 0 Å². The third kappa shape index (κ3) is 3.81. The Labute approximate surface area is 104 Å². The molecule has 0 aliphatic heterocycles. The van der Waals surface area contributed by atoms with Gasteiger partial charge in [-0.15, -0.1) is 5.10 Å². The average molecular weight is 255 g/mol. The first-order chi connectivity index (χ1) is 8.41. The van der Waals surface area contributed by atoms with Gasteiger partial charge in [0.2, 0.25) is 5.91 Å². The molecule has 0 radical (unpaired) electrons. The van der Waals surface area contributed by atoms with E-state index in [9.17, 15) is 9.59 Å². The third-order valence-corrected chi connectivity index (χ3v) is 2.42. The molecule has 0 spiro atoms. The maximum Gasteiger partial charge on any atom is 0.358 e. The standard InChI is InChI=1S/C10H17N5O3/c1-6(2)8(11)9(16)12-3-4-15-5-7(10(17)18)13-14-15/h5-6,8H,3-4,11H2,1-2H3,(H,12,16)(H,17,18). The van der Waals surface area contributed by atoms with Gasteiger partial charge in [0.1, 0.15) is 0 Å². The highest BCUT2D eigenvalue weighted by atomic mass is 16.4. The molecule has 1 aromatic heterocycles. The summed E-state index contributed by atoms with van der Waals surface area (Å²) in [4.78, 5) is 22.1. The van der Waals surface area contributed by atoms with Crippen LogP contribution in [0.4, 0.5) is 0 Å². The Morgan fingerprint density at radius 2 is 2.22 bits per heavy atom. The minimum absolute atomic E-state index is 0.0648. The van der Waals surface area contributed by atoms with Crippen LogP contribution in [-0.2, 0) is 11.3 Å². The van der Waals surface area contributed by atoms with E-state index in [1.807, 2.05) is 13.8 Å². The van der Waals surface area contributed by atoms with Gasteiger partial charge < -0.3 is 16.2 Å². The number of rotatable bonds is 6. The van der Waals surface area contributed by atoms with E-state index in [0.29, 0.717) is 13.1 Å². The Hall–Kier alpha value is -1.96. The summed E-state index contributed by atoms with van der Waals surface area (Å²) in [5.41, 5.74) is 5.53. The molecule has 1 amide bonds. The second kappa shape index (κ2) is 6.10. The Bertz CT molecular complexity index is 429. The van der Waals surface area contributed by atoms with E-state index in [0.717, 1.165) is 0 Å². The highest BCUT2D eigenvalue weighted by Gasteiger charge is 2.16. The molecular formula is C10H17N5O3. The Morgan fingerprint density at radius 3 is 2.72 bits per heavy atom. The van der Waals surface area contributed by atoms with Crippen molar-refractivity contribution < 1.29 is 14.7 Å². The van der Waals surface area contributed by atoms with Crippen LogP contribution in [0.25, 0.3) is 0 Å². The number of amides is 1. The first kappa shape index (κ1) is 14.1. The van der Waals surface area contributed by atoms with Gasteiger partial charge in [-0.2, -0.15) is 0 Å². The molecule has 1 aromatic rings. The van der Waals surface area contributed by atoms with Crippen molar-refractivity contribution in [2.24, 2.45) is 11.7 Å². The van der Waals surface area contributed by atoms with E-state index in [-0.39, 0.29) is 17.5 Å². The highest BCUT2D eigenvalue weighted by molar-refractivity contribution is 5.84. The van der Waals surface area contributed by atoms with Crippen LogP contribution in [0.15, 0.2) is 6.20 Å². The number of nitrogens with zero attached hydrogens (tertiary/aromatic N) is 3. The molecule has 100 valence electrons. The lowest BCUT2D eigenvalue weighted by atomic mass is 10.1. The second-order valence-corrected chi connectivity index (χ2v) is 4.23.